The van der Waals surface area contributed by atoms with E-state index in [4.69, 9.17) is 0 Å². The van der Waals surface area contributed by atoms with Crippen LogP contribution in [0.15, 0.2) is 12.1 Å². The van der Waals surface area contributed by atoms with Crippen LogP contribution in [0.3, 0.4) is 0 Å². The predicted octanol–water partition coefficient (Wildman–Crippen LogP) is 4.88. The van der Waals surface area contributed by atoms with Gasteiger partial charge in [-0.1, -0.05) is 13.3 Å². The van der Waals surface area contributed by atoms with Gasteiger partial charge in [0.05, 0.1) is 11.1 Å². The number of carboxylic acid groups (broad SMARTS) is 1. The summed E-state index contributed by atoms with van der Waals surface area (Å²) in [6.07, 6.45) is 3.29. The third-order valence-electron chi connectivity index (χ3n) is 4.15. The summed E-state index contributed by atoms with van der Waals surface area (Å²) >= 11 is 0. The van der Waals surface area contributed by atoms with Gasteiger partial charge in [-0.15, -0.1) is 0 Å². The fourth-order valence-electron chi connectivity index (χ4n) is 3.25. The fraction of sp³-hybridized carbons (Fsp3) is 0.500. The van der Waals surface area contributed by atoms with Crippen molar-refractivity contribution < 1.29 is 9.90 Å². The first kappa shape index (κ1) is 15.6. The minimum atomic E-state index is -0.842. The molecule has 21 heavy (non-hydrogen) atoms. The van der Waals surface area contributed by atoms with Crippen molar-refractivity contribution in [2.24, 2.45) is 0 Å². The van der Waals surface area contributed by atoms with E-state index < -0.39 is 5.97 Å². The zero-order chi connectivity index (χ0) is 15.7. The number of aromatic nitrogens is 1. The minimum Gasteiger partial charge on any atom is -0.478 e. The van der Waals surface area contributed by atoms with Gasteiger partial charge in [-0.3, -0.25) is 0 Å². The first-order valence-corrected chi connectivity index (χ1v) is 7.75. The van der Waals surface area contributed by atoms with Crippen LogP contribution in [0, 0.1) is 13.8 Å². The summed E-state index contributed by atoms with van der Waals surface area (Å²) in [5.74, 6) is -0.842. The Balaban J connectivity index is 2.86. The maximum Gasteiger partial charge on any atom is 0.337 e. The average Bonchev–Trinajstić information content (AvgIpc) is 2.67. The van der Waals surface area contributed by atoms with E-state index in [-0.39, 0.29) is 6.04 Å². The SMILES string of the molecule is CCCCc1c(C)n(C(C)C)c2c(C(=O)O)cc(C)cc12. The van der Waals surface area contributed by atoms with Crippen LogP contribution in [0.1, 0.15) is 66.8 Å². The highest BCUT2D eigenvalue weighted by Gasteiger charge is 2.21. The molecule has 0 spiro atoms. The molecular weight excluding hydrogens is 262 g/mol. The van der Waals surface area contributed by atoms with Crippen LogP contribution in [-0.4, -0.2) is 15.6 Å². The van der Waals surface area contributed by atoms with Gasteiger partial charge >= 0.3 is 5.97 Å². The van der Waals surface area contributed by atoms with Gasteiger partial charge in [0.15, 0.2) is 0 Å². The molecule has 114 valence electrons. The number of carbonyl (C=O) groups is 1. The Morgan fingerprint density at radius 2 is 1.95 bits per heavy atom. The van der Waals surface area contributed by atoms with E-state index in [9.17, 15) is 9.90 Å². The summed E-state index contributed by atoms with van der Waals surface area (Å²) in [7, 11) is 0. The summed E-state index contributed by atoms with van der Waals surface area (Å²) in [5, 5.41) is 10.7. The number of fused-ring (bicyclic) bond motifs is 1. The lowest BCUT2D eigenvalue weighted by Gasteiger charge is -2.14. The molecule has 0 radical (unpaired) electrons. The summed E-state index contributed by atoms with van der Waals surface area (Å²) in [6, 6.07) is 4.18. The van der Waals surface area contributed by atoms with Crippen LogP contribution in [0.5, 0.6) is 0 Å². The number of hydrogen-bond donors (Lipinski definition) is 1. The lowest BCUT2D eigenvalue weighted by molar-refractivity contribution is 0.0698. The molecule has 0 unspecified atom stereocenters. The second-order valence-corrected chi connectivity index (χ2v) is 6.15. The quantitative estimate of drug-likeness (QED) is 0.851. The fourth-order valence-corrected chi connectivity index (χ4v) is 3.25. The maximum absolute atomic E-state index is 11.7. The topological polar surface area (TPSA) is 42.2 Å². The largest absolute Gasteiger partial charge is 0.478 e. The molecule has 0 saturated carbocycles. The van der Waals surface area contributed by atoms with Gasteiger partial charge in [-0.05, 0) is 63.8 Å². The van der Waals surface area contributed by atoms with Gasteiger partial charge in [-0.25, -0.2) is 4.79 Å². The van der Waals surface area contributed by atoms with Gasteiger partial charge in [-0.2, -0.15) is 0 Å². The molecule has 1 aromatic carbocycles. The number of rotatable bonds is 5. The number of aromatic carboxylic acids is 1. The van der Waals surface area contributed by atoms with Crippen molar-refractivity contribution in [2.75, 3.05) is 0 Å². The van der Waals surface area contributed by atoms with Crippen LogP contribution in [-0.2, 0) is 6.42 Å². The zero-order valence-corrected chi connectivity index (χ0v) is 13.7. The summed E-state index contributed by atoms with van der Waals surface area (Å²) < 4.78 is 2.18. The predicted molar refractivity (Wildman–Crippen MR) is 87.4 cm³/mol. The highest BCUT2D eigenvalue weighted by molar-refractivity contribution is 6.04. The van der Waals surface area contributed by atoms with E-state index >= 15 is 0 Å². The molecule has 0 saturated heterocycles. The summed E-state index contributed by atoms with van der Waals surface area (Å²) in [4.78, 5) is 11.7. The molecular formula is C18H25NO2. The van der Waals surface area contributed by atoms with Crippen molar-refractivity contribution in [2.45, 2.75) is 59.9 Å². The number of aryl methyl sites for hydroxylation is 2. The molecule has 0 bridgehead atoms. The third kappa shape index (κ3) is 2.69. The minimum absolute atomic E-state index is 0.253. The highest BCUT2D eigenvalue weighted by Crippen LogP contribution is 2.33. The maximum atomic E-state index is 11.7. The number of nitrogens with zero attached hydrogens (tertiary/aromatic N) is 1. The summed E-state index contributed by atoms with van der Waals surface area (Å²) in [6.45, 7) is 10.5. The Kier molecular flexibility index (Phi) is 4.40. The van der Waals surface area contributed by atoms with Crippen molar-refractivity contribution in [3.8, 4) is 0 Å². The van der Waals surface area contributed by atoms with E-state index in [1.54, 1.807) is 6.07 Å². The second-order valence-electron chi connectivity index (χ2n) is 6.15. The van der Waals surface area contributed by atoms with Crippen LogP contribution >= 0.6 is 0 Å². The lowest BCUT2D eigenvalue weighted by Crippen LogP contribution is -2.07. The van der Waals surface area contributed by atoms with E-state index in [0.717, 1.165) is 35.7 Å². The Labute approximate surface area is 126 Å². The van der Waals surface area contributed by atoms with Gasteiger partial charge in [0.2, 0.25) is 0 Å². The Morgan fingerprint density at radius 3 is 2.48 bits per heavy atom. The molecule has 0 amide bonds. The van der Waals surface area contributed by atoms with Crippen molar-refractivity contribution in [1.82, 2.24) is 4.57 Å². The molecule has 1 aromatic heterocycles. The van der Waals surface area contributed by atoms with E-state index in [1.165, 1.54) is 11.3 Å². The molecule has 1 heterocycles. The molecule has 0 aliphatic heterocycles. The van der Waals surface area contributed by atoms with E-state index in [1.807, 2.05) is 6.92 Å². The molecule has 3 nitrogen and oxygen atoms in total. The van der Waals surface area contributed by atoms with E-state index in [0.29, 0.717) is 5.56 Å². The first-order chi connectivity index (χ1) is 9.88. The number of unbranched alkanes of at least 4 members (excludes halogenated alkanes) is 1. The molecule has 2 rings (SSSR count). The summed E-state index contributed by atoms with van der Waals surface area (Å²) in [5.41, 5.74) is 4.84. The molecule has 0 atom stereocenters. The van der Waals surface area contributed by atoms with Gasteiger partial charge in [0, 0.05) is 17.1 Å². The third-order valence-corrected chi connectivity index (χ3v) is 4.15. The molecule has 0 aliphatic rings. The van der Waals surface area contributed by atoms with Crippen LogP contribution < -0.4 is 0 Å². The highest BCUT2D eigenvalue weighted by atomic mass is 16.4. The standard InChI is InChI=1S/C18H25NO2/c1-6-7-8-14-13(5)19(11(2)3)17-15(14)9-12(4)10-16(17)18(20)21/h9-11H,6-8H2,1-5H3,(H,20,21). The molecule has 3 heteroatoms. The Morgan fingerprint density at radius 1 is 1.29 bits per heavy atom. The normalized spacial score (nSPS) is 11.5. The van der Waals surface area contributed by atoms with Crippen LogP contribution in [0.4, 0.5) is 0 Å². The van der Waals surface area contributed by atoms with Crippen molar-refractivity contribution in [1.29, 1.82) is 0 Å². The Bertz CT molecular complexity index is 680. The van der Waals surface area contributed by atoms with Crippen molar-refractivity contribution >= 4 is 16.9 Å². The number of benzene rings is 1. The first-order valence-electron chi connectivity index (χ1n) is 7.75. The smallest absolute Gasteiger partial charge is 0.337 e. The number of hydrogen-bond acceptors (Lipinski definition) is 1. The molecule has 0 aliphatic carbocycles. The van der Waals surface area contributed by atoms with Gasteiger partial charge in [0.1, 0.15) is 0 Å². The number of carboxylic acids is 1. The van der Waals surface area contributed by atoms with Crippen molar-refractivity contribution in [3.63, 3.8) is 0 Å². The van der Waals surface area contributed by atoms with Crippen LogP contribution in [0.25, 0.3) is 10.9 Å². The van der Waals surface area contributed by atoms with Crippen molar-refractivity contribution in [3.05, 3.63) is 34.5 Å². The van der Waals surface area contributed by atoms with Crippen LogP contribution in [0.2, 0.25) is 0 Å². The molecule has 0 fully saturated rings. The molecule has 2 aromatic rings. The Hall–Kier alpha value is -1.77. The second kappa shape index (κ2) is 5.92. The average molecular weight is 287 g/mol. The van der Waals surface area contributed by atoms with Gasteiger partial charge in [0.25, 0.3) is 0 Å². The van der Waals surface area contributed by atoms with E-state index in [2.05, 4.69) is 38.3 Å². The monoisotopic (exact) mass is 287 g/mol. The lowest BCUT2D eigenvalue weighted by atomic mass is 10.0. The zero-order valence-electron chi connectivity index (χ0n) is 13.7. The van der Waals surface area contributed by atoms with Gasteiger partial charge < -0.3 is 9.67 Å². The molecule has 1 N–H and O–H groups in total.